The Hall–Kier alpha value is -1.99. The predicted molar refractivity (Wildman–Crippen MR) is 137 cm³/mol. The molecule has 4 rings (SSSR count). The quantitative estimate of drug-likeness (QED) is 0.195. The fourth-order valence-corrected chi connectivity index (χ4v) is 6.40. The molecular weight excluding hydrogens is 483 g/mol. The number of thiophene rings is 1. The van der Waals surface area contributed by atoms with Crippen molar-refractivity contribution in [3.8, 4) is 11.4 Å². The Morgan fingerprint density at radius 1 is 1.16 bits per heavy atom. The lowest BCUT2D eigenvalue weighted by Gasteiger charge is -2.13. The smallest absolute Gasteiger partial charge is 0.267 e. The summed E-state index contributed by atoms with van der Waals surface area (Å²) in [5.41, 5.74) is 2.66. The molecule has 2 aromatic heterocycles. The highest BCUT2D eigenvalue weighted by Gasteiger charge is 2.19. The monoisotopic (exact) mass is 504 g/mol. The number of ether oxygens (including phenoxy) is 1. The van der Waals surface area contributed by atoms with Gasteiger partial charge in [0.05, 0.1) is 18.2 Å². The van der Waals surface area contributed by atoms with Crippen molar-refractivity contribution in [2.45, 2.75) is 37.6 Å². The van der Waals surface area contributed by atoms with Gasteiger partial charge in [0.1, 0.15) is 10.6 Å². The largest absolute Gasteiger partial charge is 0.497 e. The summed E-state index contributed by atoms with van der Waals surface area (Å²) in [6.45, 7) is 4.16. The van der Waals surface area contributed by atoms with Crippen LogP contribution in [0.15, 0.2) is 52.4 Å². The molecule has 8 heteroatoms. The van der Waals surface area contributed by atoms with Crippen LogP contribution in [0, 0.1) is 6.92 Å². The molecule has 0 bridgehead atoms. The van der Waals surface area contributed by atoms with Crippen LogP contribution in [-0.4, -0.2) is 16.7 Å². The van der Waals surface area contributed by atoms with Gasteiger partial charge in [0.2, 0.25) is 0 Å². The molecule has 0 spiro atoms. The van der Waals surface area contributed by atoms with Crippen molar-refractivity contribution in [2.75, 3.05) is 7.11 Å². The average Bonchev–Trinajstić information content (AvgIpc) is 3.09. The van der Waals surface area contributed by atoms with E-state index < -0.39 is 0 Å². The first-order valence-corrected chi connectivity index (χ1v) is 12.7. The van der Waals surface area contributed by atoms with Gasteiger partial charge in [-0.05, 0) is 60.9 Å². The van der Waals surface area contributed by atoms with Crippen LogP contribution in [0.2, 0.25) is 10.0 Å². The number of rotatable bonds is 7. The number of hydrogen-bond acceptors (Lipinski definition) is 5. The minimum atomic E-state index is -0.0547. The Morgan fingerprint density at radius 2 is 1.91 bits per heavy atom. The lowest BCUT2D eigenvalue weighted by atomic mass is 10.1. The van der Waals surface area contributed by atoms with Gasteiger partial charge in [-0.2, -0.15) is 0 Å². The molecule has 0 unspecified atom stereocenters. The molecule has 0 aliphatic heterocycles. The Balaban J connectivity index is 1.85. The van der Waals surface area contributed by atoms with Crippen molar-refractivity contribution in [1.82, 2.24) is 9.55 Å². The summed E-state index contributed by atoms with van der Waals surface area (Å²) in [4.78, 5) is 20.6. The van der Waals surface area contributed by atoms with Gasteiger partial charge in [0.15, 0.2) is 5.16 Å². The fraction of sp³-hybridized carbons (Fsp3) is 0.250. The number of aryl methyl sites for hydroxylation is 2. The maximum atomic E-state index is 13.7. The van der Waals surface area contributed by atoms with Gasteiger partial charge < -0.3 is 4.74 Å². The molecule has 0 amide bonds. The molecule has 0 radical (unpaired) electrons. The second-order valence-corrected chi connectivity index (χ2v) is 10.2. The van der Waals surface area contributed by atoms with E-state index in [2.05, 4.69) is 6.92 Å². The minimum Gasteiger partial charge on any atom is -0.497 e. The van der Waals surface area contributed by atoms with E-state index in [0.717, 1.165) is 40.2 Å². The van der Waals surface area contributed by atoms with Crippen LogP contribution in [0.25, 0.3) is 15.9 Å². The van der Waals surface area contributed by atoms with E-state index in [-0.39, 0.29) is 5.56 Å². The zero-order valence-electron chi connectivity index (χ0n) is 17.9. The van der Waals surface area contributed by atoms with Crippen molar-refractivity contribution < 1.29 is 4.74 Å². The molecule has 4 aromatic rings. The molecular formula is C24H22Cl2N2O2S2. The highest BCUT2D eigenvalue weighted by molar-refractivity contribution is 7.98. The van der Waals surface area contributed by atoms with Gasteiger partial charge in [-0.25, -0.2) is 4.98 Å². The van der Waals surface area contributed by atoms with Gasteiger partial charge in [-0.3, -0.25) is 9.36 Å². The van der Waals surface area contributed by atoms with Crippen molar-refractivity contribution in [1.29, 1.82) is 0 Å². The molecule has 2 heterocycles. The van der Waals surface area contributed by atoms with E-state index in [1.54, 1.807) is 29.1 Å². The van der Waals surface area contributed by atoms with Crippen LogP contribution in [-0.2, 0) is 12.2 Å². The topological polar surface area (TPSA) is 44.1 Å². The average molecular weight is 505 g/mol. The number of thioether (sulfide) groups is 1. The van der Waals surface area contributed by atoms with E-state index in [4.69, 9.17) is 32.9 Å². The SMILES string of the molecule is CCCc1sc2nc(SCc3ccc(Cl)cc3Cl)n(-c3ccc(OC)cc3)c(=O)c2c1C. The van der Waals surface area contributed by atoms with Crippen molar-refractivity contribution in [3.63, 3.8) is 0 Å². The number of benzene rings is 2. The molecule has 166 valence electrons. The van der Waals surface area contributed by atoms with Gasteiger partial charge in [-0.1, -0.05) is 54.4 Å². The summed E-state index contributed by atoms with van der Waals surface area (Å²) in [5, 5.41) is 2.52. The summed E-state index contributed by atoms with van der Waals surface area (Å²) in [7, 11) is 1.62. The Kier molecular flexibility index (Phi) is 7.15. The standard InChI is InChI=1S/C24H22Cl2N2O2S2/c1-4-5-20-14(2)21-22(32-20)27-24(31-13-15-6-7-16(25)12-19(15)26)28(23(21)29)17-8-10-18(30-3)11-9-17/h6-12H,4-5,13H2,1-3H3. The maximum absolute atomic E-state index is 13.7. The number of nitrogens with zero attached hydrogens (tertiary/aromatic N) is 2. The Labute approximate surface area is 205 Å². The van der Waals surface area contributed by atoms with E-state index >= 15 is 0 Å². The second kappa shape index (κ2) is 9.87. The summed E-state index contributed by atoms with van der Waals surface area (Å²) in [5.74, 6) is 1.30. The summed E-state index contributed by atoms with van der Waals surface area (Å²) < 4.78 is 6.97. The first-order valence-electron chi connectivity index (χ1n) is 10.2. The van der Waals surface area contributed by atoms with E-state index in [9.17, 15) is 4.79 Å². The first-order chi connectivity index (χ1) is 15.4. The van der Waals surface area contributed by atoms with Crippen LogP contribution < -0.4 is 10.3 Å². The number of aromatic nitrogens is 2. The number of hydrogen-bond donors (Lipinski definition) is 0. The van der Waals surface area contributed by atoms with Crippen LogP contribution in [0.3, 0.4) is 0 Å². The Bertz CT molecular complexity index is 1330. The van der Waals surface area contributed by atoms with Gasteiger partial charge in [-0.15, -0.1) is 11.3 Å². The number of fused-ring (bicyclic) bond motifs is 1. The minimum absolute atomic E-state index is 0.0547. The third kappa shape index (κ3) is 4.55. The number of methoxy groups -OCH3 is 1. The summed E-state index contributed by atoms with van der Waals surface area (Å²) in [6.07, 6.45) is 1.97. The fourth-order valence-electron chi connectivity index (χ4n) is 3.51. The molecule has 0 atom stereocenters. The van der Waals surface area contributed by atoms with Gasteiger partial charge >= 0.3 is 0 Å². The highest BCUT2D eigenvalue weighted by Crippen LogP contribution is 2.33. The molecule has 0 saturated heterocycles. The Morgan fingerprint density at radius 3 is 2.56 bits per heavy atom. The van der Waals surface area contributed by atoms with E-state index in [1.165, 1.54) is 16.6 Å². The van der Waals surface area contributed by atoms with Crippen molar-refractivity contribution in [3.05, 3.63) is 78.9 Å². The summed E-state index contributed by atoms with van der Waals surface area (Å²) >= 11 is 15.5. The second-order valence-electron chi connectivity index (χ2n) is 7.34. The van der Waals surface area contributed by atoms with Gasteiger partial charge in [0, 0.05) is 20.7 Å². The van der Waals surface area contributed by atoms with Crippen molar-refractivity contribution >= 4 is 56.5 Å². The zero-order valence-corrected chi connectivity index (χ0v) is 21.1. The van der Waals surface area contributed by atoms with Crippen LogP contribution in [0.4, 0.5) is 0 Å². The molecule has 0 fully saturated rings. The highest BCUT2D eigenvalue weighted by atomic mass is 35.5. The normalized spacial score (nSPS) is 11.3. The lowest BCUT2D eigenvalue weighted by molar-refractivity contribution is 0.414. The third-order valence-corrected chi connectivity index (χ3v) is 8.03. The summed E-state index contributed by atoms with van der Waals surface area (Å²) in [6, 6.07) is 12.9. The first kappa shape index (κ1) is 23.2. The zero-order chi connectivity index (χ0) is 22.8. The van der Waals surface area contributed by atoms with Crippen LogP contribution in [0.5, 0.6) is 5.75 Å². The molecule has 0 saturated carbocycles. The molecule has 0 N–H and O–H groups in total. The molecule has 4 nitrogen and oxygen atoms in total. The lowest BCUT2D eigenvalue weighted by Crippen LogP contribution is -2.21. The van der Waals surface area contributed by atoms with Crippen LogP contribution in [0.1, 0.15) is 29.3 Å². The van der Waals surface area contributed by atoms with E-state index in [1.807, 2.05) is 43.3 Å². The maximum Gasteiger partial charge on any atom is 0.267 e. The molecule has 0 aliphatic carbocycles. The van der Waals surface area contributed by atoms with E-state index in [0.29, 0.717) is 26.3 Å². The predicted octanol–water partition coefficient (Wildman–Crippen LogP) is 7.32. The molecule has 0 aliphatic rings. The molecule has 2 aromatic carbocycles. The van der Waals surface area contributed by atoms with Gasteiger partial charge in [0.25, 0.3) is 5.56 Å². The van der Waals surface area contributed by atoms with Crippen molar-refractivity contribution in [2.24, 2.45) is 0 Å². The molecule has 32 heavy (non-hydrogen) atoms. The third-order valence-electron chi connectivity index (χ3n) is 5.21. The number of halogens is 2. The van der Waals surface area contributed by atoms with Crippen LogP contribution >= 0.6 is 46.3 Å².